The first-order valence-electron chi connectivity index (χ1n) is 29.8. The fraction of sp³-hybridized carbons (Fsp3) is 0.621. The van der Waals surface area contributed by atoms with Crippen LogP contribution in [0.1, 0.15) is 191 Å². The van der Waals surface area contributed by atoms with Crippen LogP contribution in [0, 0.1) is 0 Å². The molecule has 1 N–H and O–H groups in total. The van der Waals surface area contributed by atoms with E-state index >= 15 is 0 Å². The molecule has 8 atom stereocenters. The molecule has 0 bridgehead atoms. The number of benzene rings is 4. The van der Waals surface area contributed by atoms with Crippen LogP contribution < -0.4 is 5.32 Å². The third-order valence-corrected chi connectivity index (χ3v) is 14.9. The molecule has 10 heteroatoms. The van der Waals surface area contributed by atoms with Gasteiger partial charge in [0, 0.05) is 6.42 Å². The Bertz CT molecular complexity index is 2060. The minimum atomic E-state index is -0.939. The van der Waals surface area contributed by atoms with Gasteiger partial charge in [0.05, 0.1) is 51.8 Å². The number of ether oxygens (including phenoxy) is 8. The SMILES string of the molecule is CCCCCCCCCCCCCCCCCCCCCCCC(=O)N[C@@H](COC1OC(COCc2ccccc2)C(OCc2ccccc2)C(OCc2ccccc2)C1OCc1ccccc1)[C@@H]1OC(C)(C)O[C@@H]1C. The summed E-state index contributed by atoms with van der Waals surface area (Å²) in [6, 6.07) is 39.9. The molecule has 1 amide bonds. The molecule has 10 nitrogen and oxygen atoms in total. The Hall–Kier alpha value is -3.97. The van der Waals surface area contributed by atoms with Crippen LogP contribution >= 0.6 is 0 Å². The molecule has 420 valence electrons. The average molecular weight is 1050 g/mol. The molecule has 0 aliphatic carbocycles. The standard InChI is InChI=1S/C66H97NO9/c1-5-6-7-8-9-10-11-12-13-14-15-16-17-18-19-20-21-22-23-24-37-46-60(68)67-58(61-53(2)75-66(3,4)76-61)51-73-65-64(72-50-57-44-35-28-36-45-57)63(71-49-56-42-33-27-34-43-56)62(70-48-55-40-31-26-32-41-55)59(74-65)52-69-47-54-38-29-25-30-39-54/h25-36,38-45,53,58-59,61-65H,5-24,37,46-52H2,1-4H3,(H,67,68)/t53-,58+,59?,61-,62?,63?,64?,65?/m1/s1. The number of hydrogen-bond acceptors (Lipinski definition) is 9. The topological polar surface area (TPSA) is 103 Å². The highest BCUT2D eigenvalue weighted by Crippen LogP contribution is 2.34. The molecular weight excluding hydrogens is 951 g/mol. The van der Waals surface area contributed by atoms with E-state index in [-0.39, 0.29) is 31.8 Å². The van der Waals surface area contributed by atoms with E-state index in [9.17, 15) is 4.79 Å². The summed E-state index contributed by atoms with van der Waals surface area (Å²) in [6.07, 6.45) is 23.9. The third kappa shape index (κ3) is 23.6. The maximum absolute atomic E-state index is 13.9. The Morgan fingerprint density at radius 1 is 0.500 bits per heavy atom. The molecule has 4 aromatic rings. The minimum absolute atomic E-state index is 0.0287. The number of carbonyl (C=O) groups is 1. The van der Waals surface area contributed by atoms with E-state index < -0.39 is 48.6 Å². The van der Waals surface area contributed by atoms with Crippen molar-refractivity contribution in [2.75, 3.05) is 13.2 Å². The van der Waals surface area contributed by atoms with Crippen LogP contribution in [0.3, 0.4) is 0 Å². The highest BCUT2D eigenvalue weighted by molar-refractivity contribution is 5.76. The fourth-order valence-corrected chi connectivity index (χ4v) is 10.7. The van der Waals surface area contributed by atoms with E-state index in [0.29, 0.717) is 26.2 Å². The number of carbonyl (C=O) groups excluding carboxylic acids is 1. The lowest BCUT2D eigenvalue weighted by atomic mass is 9.97. The van der Waals surface area contributed by atoms with E-state index in [4.69, 9.17) is 37.9 Å². The summed E-state index contributed by atoms with van der Waals surface area (Å²) in [5.74, 6) is -0.859. The van der Waals surface area contributed by atoms with Gasteiger partial charge in [-0.25, -0.2) is 0 Å². The second-order valence-electron chi connectivity index (χ2n) is 22.0. The van der Waals surface area contributed by atoms with Crippen LogP contribution in [0.4, 0.5) is 0 Å². The zero-order valence-electron chi connectivity index (χ0n) is 47.1. The van der Waals surface area contributed by atoms with Crippen molar-refractivity contribution >= 4 is 5.91 Å². The van der Waals surface area contributed by atoms with Gasteiger partial charge in [0.1, 0.15) is 30.5 Å². The Balaban J connectivity index is 1.05. The Morgan fingerprint density at radius 3 is 1.32 bits per heavy atom. The van der Waals surface area contributed by atoms with E-state index in [1.807, 2.05) is 130 Å². The molecule has 4 aromatic carbocycles. The summed E-state index contributed by atoms with van der Waals surface area (Å²) in [7, 11) is 0. The predicted octanol–water partition coefficient (Wildman–Crippen LogP) is 15.3. The van der Waals surface area contributed by atoms with Gasteiger partial charge < -0.3 is 43.2 Å². The molecule has 0 spiro atoms. The van der Waals surface area contributed by atoms with Gasteiger partial charge in [-0.15, -0.1) is 0 Å². The second kappa shape index (κ2) is 36.2. The number of rotatable bonds is 40. The maximum atomic E-state index is 13.9. The van der Waals surface area contributed by atoms with Gasteiger partial charge in [0.15, 0.2) is 12.1 Å². The summed E-state index contributed by atoms with van der Waals surface area (Å²) in [6.45, 7) is 9.69. The van der Waals surface area contributed by atoms with Crippen molar-refractivity contribution < 1.29 is 42.7 Å². The molecule has 2 fully saturated rings. The van der Waals surface area contributed by atoms with Crippen LogP contribution in [-0.4, -0.2) is 73.9 Å². The average Bonchev–Trinajstić information content (AvgIpc) is 3.74. The van der Waals surface area contributed by atoms with Crippen molar-refractivity contribution in [3.63, 3.8) is 0 Å². The third-order valence-electron chi connectivity index (χ3n) is 14.9. The largest absolute Gasteiger partial charge is 0.374 e. The fourth-order valence-electron chi connectivity index (χ4n) is 10.7. The maximum Gasteiger partial charge on any atom is 0.220 e. The van der Waals surface area contributed by atoms with Gasteiger partial charge in [-0.05, 0) is 49.4 Å². The summed E-state index contributed by atoms with van der Waals surface area (Å²) in [5.41, 5.74) is 4.08. The van der Waals surface area contributed by atoms with Crippen LogP contribution in [0.5, 0.6) is 0 Å². The van der Waals surface area contributed by atoms with Gasteiger partial charge >= 0.3 is 0 Å². The minimum Gasteiger partial charge on any atom is -0.374 e. The summed E-state index contributed by atoms with van der Waals surface area (Å²) in [4.78, 5) is 13.9. The molecule has 5 unspecified atom stereocenters. The molecule has 0 aromatic heterocycles. The molecule has 2 heterocycles. The second-order valence-corrected chi connectivity index (χ2v) is 22.0. The molecule has 2 saturated heterocycles. The molecule has 2 aliphatic heterocycles. The van der Waals surface area contributed by atoms with Gasteiger partial charge in [-0.2, -0.15) is 0 Å². The molecule has 0 radical (unpaired) electrons. The first-order chi connectivity index (χ1) is 37.3. The van der Waals surface area contributed by atoms with Crippen LogP contribution in [0.15, 0.2) is 121 Å². The van der Waals surface area contributed by atoms with Gasteiger partial charge in [0.25, 0.3) is 0 Å². The van der Waals surface area contributed by atoms with Crippen molar-refractivity contribution in [2.45, 2.75) is 250 Å². The molecule has 76 heavy (non-hydrogen) atoms. The van der Waals surface area contributed by atoms with Crippen LogP contribution in [-0.2, 0) is 69.1 Å². The van der Waals surface area contributed by atoms with E-state index in [0.717, 1.165) is 41.5 Å². The summed E-state index contributed by atoms with van der Waals surface area (Å²) in [5, 5.41) is 3.32. The lowest BCUT2D eigenvalue weighted by Crippen LogP contribution is -2.62. The predicted molar refractivity (Wildman–Crippen MR) is 304 cm³/mol. The van der Waals surface area contributed by atoms with Crippen molar-refractivity contribution in [3.8, 4) is 0 Å². The first kappa shape index (κ1) is 61.2. The number of hydrogen-bond donors (Lipinski definition) is 1. The number of unbranched alkanes of at least 4 members (excludes halogenated alkanes) is 20. The highest BCUT2D eigenvalue weighted by atomic mass is 16.8. The molecule has 2 aliphatic rings. The van der Waals surface area contributed by atoms with Gasteiger partial charge in [0.2, 0.25) is 5.91 Å². The summed E-state index contributed by atoms with van der Waals surface area (Å²) >= 11 is 0. The quantitative estimate of drug-likeness (QED) is 0.0436. The van der Waals surface area contributed by atoms with Crippen molar-refractivity contribution in [3.05, 3.63) is 144 Å². The molecular formula is C66H97NO9. The van der Waals surface area contributed by atoms with Crippen molar-refractivity contribution in [1.29, 1.82) is 0 Å². The first-order valence-corrected chi connectivity index (χ1v) is 29.8. The Labute approximate surface area is 459 Å². The Morgan fingerprint density at radius 2 is 0.895 bits per heavy atom. The monoisotopic (exact) mass is 1050 g/mol. The lowest BCUT2D eigenvalue weighted by Gasteiger charge is -2.46. The zero-order chi connectivity index (χ0) is 53.3. The van der Waals surface area contributed by atoms with E-state index in [2.05, 4.69) is 24.4 Å². The Kier molecular flexibility index (Phi) is 29.2. The zero-order valence-corrected chi connectivity index (χ0v) is 47.1. The highest BCUT2D eigenvalue weighted by Gasteiger charge is 2.50. The normalized spacial score (nSPS) is 21.7. The van der Waals surface area contributed by atoms with Crippen molar-refractivity contribution in [2.24, 2.45) is 0 Å². The van der Waals surface area contributed by atoms with Crippen molar-refractivity contribution in [1.82, 2.24) is 5.32 Å². The number of amides is 1. The lowest BCUT2D eigenvalue weighted by molar-refractivity contribution is -0.329. The van der Waals surface area contributed by atoms with Gasteiger partial charge in [-0.1, -0.05) is 257 Å². The number of nitrogens with one attached hydrogen (secondary N) is 1. The van der Waals surface area contributed by atoms with Crippen LogP contribution in [0.25, 0.3) is 0 Å². The molecule has 6 rings (SSSR count). The van der Waals surface area contributed by atoms with Crippen LogP contribution in [0.2, 0.25) is 0 Å². The van der Waals surface area contributed by atoms with E-state index in [1.54, 1.807) is 0 Å². The molecule has 0 saturated carbocycles. The summed E-state index contributed by atoms with van der Waals surface area (Å²) < 4.78 is 53.9. The van der Waals surface area contributed by atoms with Gasteiger partial charge in [-0.3, -0.25) is 4.79 Å². The smallest absolute Gasteiger partial charge is 0.220 e. The van der Waals surface area contributed by atoms with E-state index in [1.165, 1.54) is 116 Å².